The van der Waals surface area contributed by atoms with E-state index in [-0.39, 0.29) is 16.7 Å². The standard InChI is InChI=1S/C14H17N3O2S.C2H3NO2/c1-9(2)13-14(16(4)10(3)15-13)20-12-7-5-6-11(8-12)17(18)19;1-3-2(4)5-3/h5-9H,1-4H3;1H3. The molecule has 0 aliphatic carbocycles. The highest BCUT2D eigenvalue weighted by Crippen LogP contribution is 2.35. The van der Waals surface area contributed by atoms with E-state index < -0.39 is 0 Å². The number of benzene rings is 1. The Morgan fingerprint density at radius 1 is 1.32 bits per heavy atom. The van der Waals surface area contributed by atoms with Crippen LogP contribution in [0.4, 0.5) is 10.5 Å². The van der Waals surface area contributed by atoms with E-state index in [1.165, 1.54) is 17.8 Å². The highest BCUT2D eigenvalue weighted by molar-refractivity contribution is 7.99. The van der Waals surface area contributed by atoms with E-state index in [2.05, 4.69) is 23.7 Å². The molecule has 1 aliphatic heterocycles. The van der Waals surface area contributed by atoms with Gasteiger partial charge in [-0.25, -0.2) is 9.78 Å². The zero-order valence-corrected chi connectivity index (χ0v) is 15.5. The Hall–Kier alpha value is -2.55. The average molecular weight is 364 g/mol. The molecule has 0 N–H and O–H groups in total. The zero-order chi connectivity index (χ0) is 18.7. The van der Waals surface area contributed by atoms with Gasteiger partial charge in [0.2, 0.25) is 0 Å². The number of aryl methyl sites for hydroxylation is 1. The van der Waals surface area contributed by atoms with Crippen LogP contribution in [0.5, 0.6) is 0 Å². The number of hydrogen-bond acceptors (Lipinski definition) is 6. The normalized spacial score (nSPS) is 12.6. The summed E-state index contributed by atoms with van der Waals surface area (Å²) in [6.45, 7) is 6.15. The summed E-state index contributed by atoms with van der Waals surface area (Å²) in [5, 5.41) is 13.0. The van der Waals surface area contributed by atoms with Gasteiger partial charge in [0.05, 0.1) is 17.7 Å². The number of hydrogen-bond donors (Lipinski definition) is 0. The van der Waals surface area contributed by atoms with Gasteiger partial charge in [0.25, 0.3) is 5.69 Å². The van der Waals surface area contributed by atoms with Gasteiger partial charge < -0.3 is 9.40 Å². The molecular formula is C16H20N4O4S. The Morgan fingerprint density at radius 3 is 2.40 bits per heavy atom. The number of rotatable bonds is 4. The quantitative estimate of drug-likeness (QED) is 0.464. The molecule has 0 saturated carbocycles. The van der Waals surface area contributed by atoms with E-state index >= 15 is 0 Å². The molecule has 1 saturated heterocycles. The first-order valence-corrected chi connectivity index (χ1v) is 8.43. The third-order valence-corrected chi connectivity index (χ3v) is 4.69. The minimum absolute atomic E-state index is 0.111. The second-order valence-electron chi connectivity index (χ2n) is 5.77. The Kier molecular flexibility index (Phi) is 5.68. The fourth-order valence-electron chi connectivity index (χ4n) is 1.98. The van der Waals surface area contributed by atoms with Gasteiger partial charge in [-0.15, -0.1) is 5.06 Å². The van der Waals surface area contributed by atoms with Crippen molar-refractivity contribution in [2.24, 2.45) is 7.05 Å². The van der Waals surface area contributed by atoms with Crippen LogP contribution in [0, 0.1) is 17.0 Å². The maximum Gasteiger partial charge on any atom is 0.467 e. The summed E-state index contributed by atoms with van der Waals surface area (Å²) in [5.74, 6) is 1.26. The number of nitro groups is 1. The third-order valence-electron chi connectivity index (χ3n) is 3.52. The summed E-state index contributed by atoms with van der Waals surface area (Å²) in [6, 6.07) is 6.68. The maximum atomic E-state index is 10.8. The van der Waals surface area contributed by atoms with Crippen LogP contribution in [0.25, 0.3) is 0 Å². The van der Waals surface area contributed by atoms with Crippen molar-refractivity contribution in [1.29, 1.82) is 0 Å². The van der Waals surface area contributed by atoms with E-state index in [0.29, 0.717) is 5.92 Å². The molecule has 0 spiro atoms. The second-order valence-corrected chi connectivity index (χ2v) is 6.84. The van der Waals surface area contributed by atoms with Crippen molar-refractivity contribution >= 4 is 23.5 Å². The van der Waals surface area contributed by atoms with Gasteiger partial charge in [-0.2, -0.15) is 0 Å². The molecule has 0 radical (unpaired) electrons. The molecule has 1 aromatic carbocycles. The third kappa shape index (κ3) is 4.72. The molecule has 2 aromatic rings. The molecule has 1 aromatic heterocycles. The summed E-state index contributed by atoms with van der Waals surface area (Å²) in [4.78, 5) is 29.6. The molecule has 8 nitrogen and oxygen atoms in total. The number of carbonyl (C=O) groups is 1. The Bertz CT molecular complexity index is 803. The summed E-state index contributed by atoms with van der Waals surface area (Å²) >= 11 is 1.52. The van der Waals surface area contributed by atoms with Gasteiger partial charge in [-0.3, -0.25) is 10.1 Å². The van der Waals surface area contributed by atoms with Gasteiger partial charge in [0.15, 0.2) is 0 Å². The van der Waals surface area contributed by atoms with Crippen LogP contribution in [0.2, 0.25) is 0 Å². The van der Waals surface area contributed by atoms with Crippen LogP contribution < -0.4 is 0 Å². The average Bonchev–Trinajstić information content (AvgIpc) is 3.13. The SMILES string of the molecule is CN1OC1=O.Cc1nc(C(C)C)c(Sc2cccc([N+](=O)[O-])c2)n1C. The maximum absolute atomic E-state index is 10.8. The van der Waals surface area contributed by atoms with Crippen molar-refractivity contribution in [1.82, 2.24) is 14.6 Å². The fraction of sp³-hybridized carbons (Fsp3) is 0.375. The number of hydroxylamine groups is 2. The number of non-ortho nitro benzene ring substituents is 1. The smallest absolute Gasteiger partial charge is 0.326 e. The molecule has 1 amide bonds. The van der Waals surface area contributed by atoms with Crippen molar-refractivity contribution in [2.75, 3.05) is 7.05 Å². The van der Waals surface area contributed by atoms with Crippen molar-refractivity contribution in [3.63, 3.8) is 0 Å². The van der Waals surface area contributed by atoms with Gasteiger partial charge in [0.1, 0.15) is 10.9 Å². The predicted molar refractivity (Wildman–Crippen MR) is 93.5 cm³/mol. The van der Waals surface area contributed by atoms with Gasteiger partial charge >= 0.3 is 6.09 Å². The minimum Gasteiger partial charge on any atom is -0.326 e. The highest BCUT2D eigenvalue weighted by Gasteiger charge is 2.28. The van der Waals surface area contributed by atoms with Gasteiger partial charge in [0, 0.05) is 24.1 Å². The molecule has 1 fully saturated rings. The minimum atomic E-state index is -0.373. The van der Waals surface area contributed by atoms with Crippen molar-refractivity contribution < 1.29 is 14.6 Å². The van der Waals surface area contributed by atoms with E-state index in [4.69, 9.17) is 0 Å². The lowest BCUT2D eigenvalue weighted by Gasteiger charge is -2.08. The first kappa shape index (κ1) is 18.8. The molecular weight excluding hydrogens is 344 g/mol. The number of imidazole rings is 1. The molecule has 1 aliphatic rings. The van der Waals surface area contributed by atoms with Gasteiger partial charge in [-0.1, -0.05) is 31.7 Å². The van der Waals surface area contributed by atoms with Crippen LogP contribution in [0.1, 0.15) is 31.3 Å². The lowest BCUT2D eigenvalue weighted by Crippen LogP contribution is -1.95. The van der Waals surface area contributed by atoms with E-state index in [9.17, 15) is 14.9 Å². The molecule has 0 unspecified atom stereocenters. The highest BCUT2D eigenvalue weighted by atomic mass is 32.2. The predicted octanol–water partition coefficient (Wildman–Crippen LogP) is 3.89. The Balaban J connectivity index is 0.000000386. The fourth-order valence-corrected chi connectivity index (χ4v) is 3.19. The summed E-state index contributed by atoms with van der Waals surface area (Å²) in [7, 11) is 3.52. The van der Waals surface area contributed by atoms with Crippen LogP contribution in [0.3, 0.4) is 0 Å². The largest absolute Gasteiger partial charge is 0.467 e. The van der Waals surface area contributed by atoms with Gasteiger partial charge in [-0.05, 0) is 18.9 Å². The van der Waals surface area contributed by atoms with Crippen LogP contribution in [-0.4, -0.2) is 32.7 Å². The number of aromatic nitrogens is 2. The van der Waals surface area contributed by atoms with Crippen molar-refractivity contribution in [2.45, 2.75) is 36.6 Å². The lowest BCUT2D eigenvalue weighted by molar-refractivity contribution is -0.385. The van der Waals surface area contributed by atoms with Crippen molar-refractivity contribution in [3.8, 4) is 0 Å². The first-order valence-electron chi connectivity index (χ1n) is 7.62. The molecule has 0 atom stereocenters. The van der Waals surface area contributed by atoms with Crippen molar-refractivity contribution in [3.05, 3.63) is 45.9 Å². The van der Waals surface area contributed by atoms with E-state index in [1.54, 1.807) is 19.2 Å². The Morgan fingerprint density at radius 2 is 1.92 bits per heavy atom. The zero-order valence-electron chi connectivity index (χ0n) is 14.7. The van der Waals surface area contributed by atoms with E-state index in [1.807, 2.05) is 24.6 Å². The first-order chi connectivity index (χ1) is 11.7. The monoisotopic (exact) mass is 364 g/mol. The van der Waals surface area contributed by atoms with Crippen LogP contribution in [0.15, 0.2) is 34.2 Å². The Labute approximate surface area is 149 Å². The summed E-state index contributed by atoms with van der Waals surface area (Å²) < 4.78 is 2.03. The topological polar surface area (TPSA) is 93.6 Å². The van der Waals surface area contributed by atoms with Crippen LogP contribution in [-0.2, 0) is 11.9 Å². The summed E-state index contributed by atoms with van der Waals surface area (Å²) in [5.41, 5.74) is 1.14. The molecule has 0 bridgehead atoms. The second kappa shape index (κ2) is 7.56. The molecule has 3 rings (SSSR count). The van der Waals surface area contributed by atoms with Crippen LogP contribution >= 0.6 is 11.8 Å². The molecule has 2 heterocycles. The number of nitro benzene ring substituents is 1. The molecule has 25 heavy (non-hydrogen) atoms. The molecule has 9 heteroatoms. The van der Waals surface area contributed by atoms with E-state index in [0.717, 1.165) is 26.5 Å². The lowest BCUT2D eigenvalue weighted by atomic mass is 10.2. The number of nitrogens with zero attached hydrogens (tertiary/aromatic N) is 4. The number of amides is 1. The summed E-state index contributed by atoms with van der Waals surface area (Å²) in [6.07, 6.45) is -0.245. The molecule has 134 valence electrons. The number of carbonyl (C=O) groups excluding carboxylic acids is 1.